The van der Waals surface area contributed by atoms with Gasteiger partial charge in [0, 0.05) is 31.2 Å². The van der Waals surface area contributed by atoms with Crippen LogP contribution < -0.4 is 5.32 Å². The zero-order valence-electron chi connectivity index (χ0n) is 12.3. The van der Waals surface area contributed by atoms with Crippen LogP contribution in [0.15, 0.2) is 18.2 Å². The Morgan fingerprint density at radius 1 is 1.40 bits per heavy atom. The van der Waals surface area contributed by atoms with Crippen molar-refractivity contribution in [3.63, 3.8) is 0 Å². The highest BCUT2D eigenvalue weighted by atomic mass is 16.2. The summed E-state index contributed by atoms with van der Waals surface area (Å²) in [5.74, 6) is 0.253. The molecule has 3 heteroatoms. The number of carbonyl (C=O) groups excluding carboxylic acids is 1. The molecule has 1 heterocycles. The second-order valence-corrected chi connectivity index (χ2v) is 5.94. The third-order valence-electron chi connectivity index (χ3n) is 4.61. The molecule has 3 rings (SSSR count). The fourth-order valence-electron chi connectivity index (χ4n) is 3.59. The van der Waals surface area contributed by atoms with Crippen LogP contribution in [0.1, 0.15) is 47.7 Å². The Kier molecular flexibility index (Phi) is 4.06. The lowest BCUT2D eigenvalue weighted by Crippen LogP contribution is -2.53. The van der Waals surface area contributed by atoms with Gasteiger partial charge in [0.25, 0.3) is 5.91 Å². The number of carbonyl (C=O) groups is 1. The Balaban J connectivity index is 1.86. The van der Waals surface area contributed by atoms with Crippen molar-refractivity contribution in [1.29, 1.82) is 0 Å². The molecule has 1 aliphatic carbocycles. The van der Waals surface area contributed by atoms with E-state index in [1.165, 1.54) is 17.5 Å². The van der Waals surface area contributed by atoms with Crippen molar-refractivity contribution in [3.8, 4) is 0 Å². The van der Waals surface area contributed by atoms with Crippen molar-refractivity contribution >= 4 is 5.91 Å². The van der Waals surface area contributed by atoms with Gasteiger partial charge in [-0.05, 0) is 42.9 Å². The van der Waals surface area contributed by atoms with Crippen LogP contribution in [-0.2, 0) is 12.8 Å². The molecule has 1 aromatic rings. The summed E-state index contributed by atoms with van der Waals surface area (Å²) in [4.78, 5) is 15.0. The number of benzene rings is 1. The van der Waals surface area contributed by atoms with Gasteiger partial charge in [-0.3, -0.25) is 4.79 Å². The first kappa shape index (κ1) is 13.6. The Hall–Kier alpha value is -1.35. The van der Waals surface area contributed by atoms with Crippen LogP contribution in [0.25, 0.3) is 0 Å². The number of piperazine rings is 1. The van der Waals surface area contributed by atoms with E-state index in [1.54, 1.807) is 0 Å². The molecule has 1 aromatic carbocycles. The molecule has 1 N–H and O–H groups in total. The average Bonchev–Trinajstić information content (AvgIpc) is 2.96. The number of rotatable bonds is 3. The van der Waals surface area contributed by atoms with Gasteiger partial charge in [-0.25, -0.2) is 0 Å². The molecule has 0 aromatic heterocycles. The summed E-state index contributed by atoms with van der Waals surface area (Å²) >= 11 is 0. The second-order valence-electron chi connectivity index (χ2n) is 5.94. The average molecular weight is 272 g/mol. The lowest BCUT2D eigenvalue weighted by Gasteiger charge is -2.36. The molecule has 1 atom stereocenters. The number of hydrogen-bond donors (Lipinski definition) is 1. The Morgan fingerprint density at radius 2 is 2.30 bits per heavy atom. The van der Waals surface area contributed by atoms with Crippen LogP contribution in [0, 0.1) is 0 Å². The third-order valence-corrected chi connectivity index (χ3v) is 4.61. The third kappa shape index (κ3) is 2.47. The maximum atomic E-state index is 12.9. The molecule has 20 heavy (non-hydrogen) atoms. The predicted octanol–water partition coefficient (Wildman–Crippen LogP) is 2.39. The Morgan fingerprint density at radius 3 is 3.15 bits per heavy atom. The van der Waals surface area contributed by atoms with Gasteiger partial charge in [0.2, 0.25) is 0 Å². The van der Waals surface area contributed by atoms with Crippen LogP contribution in [-0.4, -0.2) is 36.5 Å². The summed E-state index contributed by atoms with van der Waals surface area (Å²) < 4.78 is 0. The number of aryl methyl sites for hydroxylation is 1. The van der Waals surface area contributed by atoms with Crippen molar-refractivity contribution < 1.29 is 4.79 Å². The smallest absolute Gasteiger partial charge is 0.254 e. The van der Waals surface area contributed by atoms with Gasteiger partial charge >= 0.3 is 0 Å². The molecule has 0 saturated carbocycles. The van der Waals surface area contributed by atoms with Gasteiger partial charge in [-0.2, -0.15) is 0 Å². The van der Waals surface area contributed by atoms with Crippen LogP contribution >= 0.6 is 0 Å². The summed E-state index contributed by atoms with van der Waals surface area (Å²) in [7, 11) is 0. The quantitative estimate of drug-likeness (QED) is 0.916. The number of nitrogens with one attached hydrogen (secondary N) is 1. The zero-order valence-corrected chi connectivity index (χ0v) is 12.3. The lowest BCUT2D eigenvalue weighted by atomic mass is 10.00. The number of nitrogens with zero attached hydrogens (tertiary/aromatic N) is 1. The fourth-order valence-corrected chi connectivity index (χ4v) is 3.59. The summed E-state index contributed by atoms with van der Waals surface area (Å²) in [6, 6.07) is 6.62. The van der Waals surface area contributed by atoms with Crippen molar-refractivity contribution in [1.82, 2.24) is 10.2 Å². The predicted molar refractivity (Wildman–Crippen MR) is 81.1 cm³/mol. The molecular formula is C17H24N2O. The Bertz CT molecular complexity index is 496. The van der Waals surface area contributed by atoms with E-state index < -0.39 is 0 Å². The number of amides is 1. The minimum Gasteiger partial charge on any atom is -0.333 e. The van der Waals surface area contributed by atoms with E-state index in [-0.39, 0.29) is 5.91 Å². The molecule has 1 saturated heterocycles. The van der Waals surface area contributed by atoms with Crippen molar-refractivity contribution in [2.75, 3.05) is 19.6 Å². The maximum Gasteiger partial charge on any atom is 0.254 e. The van der Waals surface area contributed by atoms with E-state index in [0.29, 0.717) is 6.04 Å². The summed E-state index contributed by atoms with van der Waals surface area (Å²) in [6.07, 6.45) is 5.62. The second kappa shape index (κ2) is 5.96. The van der Waals surface area contributed by atoms with Gasteiger partial charge < -0.3 is 10.2 Å². The molecule has 0 bridgehead atoms. The van der Waals surface area contributed by atoms with Gasteiger partial charge in [0.05, 0.1) is 0 Å². The van der Waals surface area contributed by atoms with Gasteiger partial charge in [0.15, 0.2) is 0 Å². The normalized spacial score (nSPS) is 21.9. The molecule has 1 aliphatic heterocycles. The molecule has 108 valence electrons. The summed E-state index contributed by atoms with van der Waals surface area (Å²) in [6.45, 7) is 4.89. The highest BCUT2D eigenvalue weighted by molar-refractivity contribution is 5.96. The van der Waals surface area contributed by atoms with E-state index in [0.717, 1.165) is 50.9 Å². The van der Waals surface area contributed by atoms with Crippen LogP contribution in [0.3, 0.4) is 0 Å². The molecule has 1 amide bonds. The number of hydrogen-bond acceptors (Lipinski definition) is 2. The van der Waals surface area contributed by atoms with E-state index in [4.69, 9.17) is 0 Å². The lowest BCUT2D eigenvalue weighted by molar-refractivity contribution is 0.0623. The topological polar surface area (TPSA) is 32.3 Å². The monoisotopic (exact) mass is 272 g/mol. The molecular weight excluding hydrogens is 248 g/mol. The van der Waals surface area contributed by atoms with Gasteiger partial charge in [0.1, 0.15) is 0 Å². The zero-order chi connectivity index (χ0) is 13.9. The summed E-state index contributed by atoms with van der Waals surface area (Å²) in [5, 5.41) is 3.41. The SMILES string of the molecule is CCCC1CNCCN1C(=O)c1cccc2c1CCC2. The summed E-state index contributed by atoms with van der Waals surface area (Å²) in [5.41, 5.74) is 3.66. The van der Waals surface area contributed by atoms with Gasteiger partial charge in [-0.1, -0.05) is 25.5 Å². The fraction of sp³-hybridized carbons (Fsp3) is 0.588. The van der Waals surface area contributed by atoms with E-state index in [9.17, 15) is 4.79 Å². The number of fused-ring (bicyclic) bond motifs is 1. The molecule has 2 aliphatic rings. The van der Waals surface area contributed by atoms with Crippen LogP contribution in [0.2, 0.25) is 0 Å². The first-order chi connectivity index (χ1) is 9.81. The standard InChI is InChI=1S/C17H24N2O/c1-2-5-14-12-18-10-11-19(14)17(20)16-9-4-7-13-6-3-8-15(13)16/h4,7,9,14,18H,2-3,5-6,8,10-12H2,1H3. The highest BCUT2D eigenvalue weighted by Gasteiger charge is 2.29. The largest absolute Gasteiger partial charge is 0.333 e. The van der Waals surface area contributed by atoms with E-state index in [1.807, 2.05) is 6.07 Å². The minimum absolute atomic E-state index is 0.253. The van der Waals surface area contributed by atoms with Crippen molar-refractivity contribution in [2.45, 2.75) is 45.1 Å². The highest BCUT2D eigenvalue weighted by Crippen LogP contribution is 2.27. The molecule has 1 unspecified atom stereocenters. The van der Waals surface area contributed by atoms with E-state index >= 15 is 0 Å². The van der Waals surface area contributed by atoms with Crippen molar-refractivity contribution in [2.24, 2.45) is 0 Å². The first-order valence-electron chi connectivity index (χ1n) is 7.93. The molecule has 3 nitrogen and oxygen atoms in total. The van der Waals surface area contributed by atoms with Crippen LogP contribution in [0.5, 0.6) is 0 Å². The maximum absolute atomic E-state index is 12.9. The van der Waals surface area contributed by atoms with Crippen molar-refractivity contribution in [3.05, 3.63) is 34.9 Å². The first-order valence-corrected chi connectivity index (χ1v) is 7.93. The van der Waals surface area contributed by atoms with E-state index in [2.05, 4.69) is 29.3 Å². The Labute approximate surface area is 121 Å². The molecule has 0 radical (unpaired) electrons. The van der Waals surface area contributed by atoms with Gasteiger partial charge in [-0.15, -0.1) is 0 Å². The van der Waals surface area contributed by atoms with Crippen LogP contribution in [0.4, 0.5) is 0 Å². The molecule has 0 spiro atoms. The minimum atomic E-state index is 0.253. The molecule has 1 fully saturated rings.